The topological polar surface area (TPSA) is 38.3 Å². The highest BCUT2D eigenvalue weighted by atomic mass is 16.5. The summed E-state index contributed by atoms with van der Waals surface area (Å²) in [6.07, 6.45) is 0. The largest absolute Gasteiger partial charge is 0.491 e. The molecule has 3 heteroatoms. The smallest absolute Gasteiger partial charge is 0.255 e. The van der Waals surface area contributed by atoms with Crippen molar-refractivity contribution in [3.63, 3.8) is 0 Å². The number of hydrogen-bond acceptors (Lipinski definition) is 2. The highest BCUT2D eigenvalue weighted by Crippen LogP contribution is 2.30. The Bertz CT molecular complexity index is 385. The van der Waals surface area contributed by atoms with Crippen molar-refractivity contribution in [2.75, 3.05) is 13.2 Å². The molecule has 0 aromatic heterocycles. The highest BCUT2D eigenvalue weighted by molar-refractivity contribution is 5.97. The first kappa shape index (κ1) is 10.0. The van der Waals surface area contributed by atoms with E-state index in [0.29, 0.717) is 24.6 Å². The van der Waals surface area contributed by atoms with Crippen LogP contribution in [0.4, 0.5) is 0 Å². The zero-order valence-electron chi connectivity index (χ0n) is 9.04. The number of carbonyl (C=O) groups is 1. The maximum absolute atomic E-state index is 11.7. The van der Waals surface area contributed by atoms with Gasteiger partial charge in [0.2, 0.25) is 0 Å². The van der Waals surface area contributed by atoms with Gasteiger partial charge in [-0.25, -0.2) is 0 Å². The van der Waals surface area contributed by atoms with Gasteiger partial charge in [0, 0.05) is 0 Å². The van der Waals surface area contributed by atoms with Gasteiger partial charge in [-0.3, -0.25) is 4.79 Å². The van der Waals surface area contributed by atoms with Crippen LogP contribution in [0.25, 0.3) is 0 Å². The van der Waals surface area contributed by atoms with Gasteiger partial charge in [0.25, 0.3) is 5.91 Å². The molecule has 0 radical (unpaired) electrons. The molecular weight excluding hydrogens is 190 g/mol. The number of benzene rings is 1. The SMILES string of the molecule is CC(C)c1cccc2c1OCCNC2=O. The van der Waals surface area contributed by atoms with Crippen molar-refractivity contribution in [1.82, 2.24) is 5.32 Å². The molecule has 80 valence electrons. The molecule has 0 bridgehead atoms. The van der Waals surface area contributed by atoms with Crippen molar-refractivity contribution in [3.8, 4) is 5.75 Å². The molecule has 0 atom stereocenters. The Balaban J connectivity index is 2.53. The zero-order chi connectivity index (χ0) is 10.8. The van der Waals surface area contributed by atoms with E-state index in [-0.39, 0.29) is 5.91 Å². The van der Waals surface area contributed by atoms with Crippen LogP contribution in [-0.4, -0.2) is 19.1 Å². The zero-order valence-corrected chi connectivity index (χ0v) is 9.04. The van der Waals surface area contributed by atoms with Gasteiger partial charge in [0.1, 0.15) is 12.4 Å². The summed E-state index contributed by atoms with van der Waals surface area (Å²) in [6, 6.07) is 5.73. The van der Waals surface area contributed by atoms with Crippen molar-refractivity contribution >= 4 is 5.91 Å². The van der Waals surface area contributed by atoms with E-state index in [1.807, 2.05) is 18.2 Å². The normalized spacial score (nSPS) is 15.3. The van der Waals surface area contributed by atoms with Crippen LogP contribution < -0.4 is 10.1 Å². The highest BCUT2D eigenvalue weighted by Gasteiger charge is 2.19. The van der Waals surface area contributed by atoms with E-state index < -0.39 is 0 Å². The Kier molecular flexibility index (Phi) is 2.62. The van der Waals surface area contributed by atoms with Crippen LogP contribution in [0.5, 0.6) is 5.75 Å². The quantitative estimate of drug-likeness (QED) is 0.760. The second-order valence-electron chi connectivity index (χ2n) is 3.98. The maximum Gasteiger partial charge on any atom is 0.255 e. The molecule has 15 heavy (non-hydrogen) atoms. The molecule has 1 amide bonds. The second-order valence-corrected chi connectivity index (χ2v) is 3.98. The van der Waals surface area contributed by atoms with Gasteiger partial charge in [-0.05, 0) is 17.5 Å². The number of amides is 1. The van der Waals surface area contributed by atoms with Gasteiger partial charge >= 0.3 is 0 Å². The molecule has 1 aliphatic heterocycles. The number of rotatable bonds is 1. The average molecular weight is 205 g/mol. The molecule has 1 aromatic rings. The Morgan fingerprint density at radius 3 is 2.93 bits per heavy atom. The number of nitrogens with one attached hydrogen (secondary N) is 1. The summed E-state index contributed by atoms with van der Waals surface area (Å²) in [5.41, 5.74) is 1.75. The predicted octanol–water partition coefficient (Wildman–Crippen LogP) is 1.93. The van der Waals surface area contributed by atoms with Crippen LogP contribution in [0.15, 0.2) is 18.2 Å². The third kappa shape index (κ3) is 1.82. The van der Waals surface area contributed by atoms with Gasteiger partial charge < -0.3 is 10.1 Å². The first-order chi connectivity index (χ1) is 7.20. The molecule has 1 aliphatic rings. The van der Waals surface area contributed by atoms with E-state index in [1.165, 1.54) is 0 Å². The summed E-state index contributed by atoms with van der Waals surface area (Å²) in [4.78, 5) is 11.7. The minimum absolute atomic E-state index is 0.0370. The number of carbonyl (C=O) groups excluding carboxylic acids is 1. The van der Waals surface area contributed by atoms with Crippen molar-refractivity contribution < 1.29 is 9.53 Å². The third-order valence-corrected chi connectivity index (χ3v) is 2.55. The van der Waals surface area contributed by atoms with Crippen LogP contribution in [0.3, 0.4) is 0 Å². The molecule has 0 aliphatic carbocycles. The first-order valence-corrected chi connectivity index (χ1v) is 5.24. The van der Waals surface area contributed by atoms with Crippen LogP contribution in [-0.2, 0) is 0 Å². The summed E-state index contributed by atoms with van der Waals surface area (Å²) in [6.45, 7) is 5.32. The number of fused-ring (bicyclic) bond motifs is 1. The number of para-hydroxylation sites is 1. The molecule has 0 spiro atoms. The predicted molar refractivity (Wildman–Crippen MR) is 58.4 cm³/mol. The minimum atomic E-state index is -0.0370. The van der Waals surface area contributed by atoms with Crippen molar-refractivity contribution in [2.45, 2.75) is 19.8 Å². The summed E-state index contributed by atoms with van der Waals surface area (Å²) < 4.78 is 5.63. The van der Waals surface area contributed by atoms with Gasteiger partial charge in [-0.2, -0.15) is 0 Å². The fourth-order valence-corrected chi connectivity index (χ4v) is 1.76. The fourth-order valence-electron chi connectivity index (χ4n) is 1.76. The molecule has 1 N–H and O–H groups in total. The van der Waals surface area contributed by atoms with E-state index in [4.69, 9.17) is 4.74 Å². The molecule has 2 rings (SSSR count). The van der Waals surface area contributed by atoms with E-state index in [9.17, 15) is 4.79 Å². The Morgan fingerprint density at radius 2 is 2.20 bits per heavy atom. The van der Waals surface area contributed by atoms with Crippen LogP contribution >= 0.6 is 0 Å². The first-order valence-electron chi connectivity index (χ1n) is 5.24. The van der Waals surface area contributed by atoms with Crippen molar-refractivity contribution in [3.05, 3.63) is 29.3 Å². The summed E-state index contributed by atoms with van der Waals surface area (Å²) in [5.74, 6) is 1.08. The van der Waals surface area contributed by atoms with Crippen LogP contribution in [0.1, 0.15) is 35.7 Å². The Morgan fingerprint density at radius 1 is 1.40 bits per heavy atom. The molecule has 0 unspecified atom stereocenters. The fraction of sp³-hybridized carbons (Fsp3) is 0.417. The lowest BCUT2D eigenvalue weighted by Gasteiger charge is -2.13. The van der Waals surface area contributed by atoms with Crippen molar-refractivity contribution in [1.29, 1.82) is 0 Å². The lowest BCUT2D eigenvalue weighted by atomic mass is 9.99. The standard InChI is InChI=1S/C12H15NO2/c1-8(2)9-4-3-5-10-11(9)15-7-6-13-12(10)14/h3-5,8H,6-7H2,1-2H3,(H,13,14). The lowest BCUT2D eigenvalue weighted by Crippen LogP contribution is -2.24. The monoisotopic (exact) mass is 205 g/mol. The van der Waals surface area contributed by atoms with Gasteiger partial charge in [-0.15, -0.1) is 0 Å². The molecule has 0 saturated carbocycles. The van der Waals surface area contributed by atoms with E-state index in [0.717, 1.165) is 11.3 Å². The molecule has 0 saturated heterocycles. The van der Waals surface area contributed by atoms with Crippen LogP contribution in [0, 0.1) is 0 Å². The van der Waals surface area contributed by atoms with E-state index >= 15 is 0 Å². The molecular formula is C12H15NO2. The minimum Gasteiger partial charge on any atom is -0.491 e. The average Bonchev–Trinajstić information content (AvgIpc) is 2.40. The second kappa shape index (κ2) is 3.93. The molecule has 3 nitrogen and oxygen atoms in total. The number of ether oxygens (including phenoxy) is 1. The number of hydrogen-bond donors (Lipinski definition) is 1. The van der Waals surface area contributed by atoms with Crippen molar-refractivity contribution in [2.24, 2.45) is 0 Å². The maximum atomic E-state index is 11.7. The Hall–Kier alpha value is -1.51. The molecule has 1 heterocycles. The van der Waals surface area contributed by atoms with Gasteiger partial charge in [0.05, 0.1) is 12.1 Å². The van der Waals surface area contributed by atoms with Crippen LogP contribution in [0.2, 0.25) is 0 Å². The third-order valence-electron chi connectivity index (χ3n) is 2.55. The van der Waals surface area contributed by atoms with Gasteiger partial charge in [-0.1, -0.05) is 26.0 Å². The summed E-state index contributed by atoms with van der Waals surface area (Å²) >= 11 is 0. The lowest BCUT2D eigenvalue weighted by molar-refractivity contribution is 0.0957. The molecule has 1 aromatic carbocycles. The summed E-state index contributed by atoms with van der Waals surface area (Å²) in [5, 5.41) is 2.80. The van der Waals surface area contributed by atoms with E-state index in [1.54, 1.807) is 0 Å². The summed E-state index contributed by atoms with van der Waals surface area (Å²) in [7, 11) is 0. The van der Waals surface area contributed by atoms with Gasteiger partial charge in [0.15, 0.2) is 0 Å². The molecule has 0 fully saturated rings. The Labute approximate surface area is 89.4 Å². The van der Waals surface area contributed by atoms with E-state index in [2.05, 4.69) is 19.2 Å².